The smallest absolute Gasteiger partial charge is 0.117 e. The summed E-state index contributed by atoms with van der Waals surface area (Å²) in [7, 11) is 0. The number of unbranched alkanes of at least 4 members (excludes halogenated alkanes) is 1. The fourth-order valence-electron chi connectivity index (χ4n) is 1.76. The van der Waals surface area contributed by atoms with Crippen LogP contribution in [-0.4, -0.2) is 6.54 Å². The van der Waals surface area contributed by atoms with Crippen molar-refractivity contribution in [1.82, 2.24) is 5.32 Å². The highest BCUT2D eigenvalue weighted by atomic mass is 16.3. The molecule has 1 aromatic rings. The SMILES string of the molecule is CCCC[C@@H](CC)CNCc1ccco1. The van der Waals surface area contributed by atoms with Crippen LogP contribution in [0.15, 0.2) is 22.8 Å². The van der Waals surface area contributed by atoms with Gasteiger partial charge in [0.2, 0.25) is 0 Å². The second kappa shape index (κ2) is 7.52. The van der Waals surface area contributed by atoms with E-state index in [0.717, 1.165) is 24.8 Å². The lowest BCUT2D eigenvalue weighted by atomic mass is 9.99. The Morgan fingerprint density at radius 2 is 2.27 bits per heavy atom. The number of furan rings is 1. The summed E-state index contributed by atoms with van der Waals surface area (Å²) in [5.41, 5.74) is 0. The Kier molecular flexibility index (Phi) is 6.17. The summed E-state index contributed by atoms with van der Waals surface area (Å²) >= 11 is 0. The minimum atomic E-state index is 0.819. The molecule has 0 aliphatic heterocycles. The monoisotopic (exact) mass is 209 g/mol. The standard InChI is InChI=1S/C13H23NO/c1-3-5-7-12(4-2)10-14-11-13-8-6-9-15-13/h6,8-9,12,14H,3-5,7,10-11H2,1-2H3/t12-/m1/s1. The van der Waals surface area contributed by atoms with E-state index in [-0.39, 0.29) is 0 Å². The van der Waals surface area contributed by atoms with Gasteiger partial charge in [-0.15, -0.1) is 0 Å². The predicted molar refractivity (Wildman–Crippen MR) is 63.7 cm³/mol. The topological polar surface area (TPSA) is 25.2 Å². The van der Waals surface area contributed by atoms with Gasteiger partial charge >= 0.3 is 0 Å². The average molecular weight is 209 g/mol. The minimum Gasteiger partial charge on any atom is -0.468 e. The molecule has 0 amide bonds. The Bertz CT molecular complexity index is 231. The summed E-state index contributed by atoms with van der Waals surface area (Å²) < 4.78 is 5.27. The number of nitrogens with one attached hydrogen (secondary N) is 1. The van der Waals surface area contributed by atoms with Crippen molar-refractivity contribution < 1.29 is 4.42 Å². The van der Waals surface area contributed by atoms with Gasteiger partial charge < -0.3 is 9.73 Å². The van der Waals surface area contributed by atoms with Crippen LogP contribution in [0, 0.1) is 5.92 Å². The Hall–Kier alpha value is -0.760. The van der Waals surface area contributed by atoms with Gasteiger partial charge in [-0.05, 0) is 31.0 Å². The van der Waals surface area contributed by atoms with Gasteiger partial charge in [0.1, 0.15) is 5.76 Å². The van der Waals surface area contributed by atoms with E-state index in [0.29, 0.717) is 0 Å². The number of rotatable bonds is 8. The molecule has 0 radical (unpaired) electrons. The minimum absolute atomic E-state index is 0.819. The van der Waals surface area contributed by atoms with Gasteiger partial charge in [-0.25, -0.2) is 0 Å². The summed E-state index contributed by atoms with van der Waals surface area (Å²) in [6.07, 6.45) is 6.99. The zero-order chi connectivity index (χ0) is 10.9. The second-order valence-corrected chi connectivity index (χ2v) is 4.13. The Balaban J connectivity index is 2.11. The quantitative estimate of drug-likeness (QED) is 0.708. The third-order valence-corrected chi connectivity index (χ3v) is 2.86. The van der Waals surface area contributed by atoms with Crippen LogP contribution in [0.5, 0.6) is 0 Å². The molecule has 86 valence electrons. The Morgan fingerprint density at radius 1 is 1.40 bits per heavy atom. The molecule has 0 unspecified atom stereocenters. The van der Waals surface area contributed by atoms with Crippen molar-refractivity contribution in [2.45, 2.75) is 46.1 Å². The molecule has 0 aromatic carbocycles. The van der Waals surface area contributed by atoms with Crippen LogP contribution in [0.1, 0.15) is 45.3 Å². The first kappa shape index (κ1) is 12.3. The molecule has 15 heavy (non-hydrogen) atoms. The third kappa shape index (κ3) is 5.03. The number of hydrogen-bond acceptors (Lipinski definition) is 2. The van der Waals surface area contributed by atoms with Crippen LogP contribution in [0.4, 0.5) is 0 Å². The highest BCUT2D eigenvalue weighted by Gasteiger charge is 2.05. The summed E-state index contributed by atoms with van der Waals surface area (Å²) in [4.78, 5) is 0. The molecule has 1 aromatic heterocycles. The van der Waals surface area contributed by atoms with E-state index in [1.807, 2.05) is 12.1 Å². The predicted octanol–water partition coefficient (Wildman–Crippen LogP) is 3.59. The fourth-order valence-corrected chi connectivity index (χ4v) is 1.76. The van der Waals surface area contributed by atoms with E-state index in [9.17, 15) is 0 Å². The van der Waals surface area contributed by atoms with E-state index < -0.39 is 0 Å². The molecule has 1 atom stereocenters. The van der Waals surface area contributed by atoms with Crippen molar-refractivity contribution in [3.8, 4) is 0 Å². The van der Waals surface area contributed by atoms with Crippen LogP contribution >= 0.6 is 0 Å². The van der Waals surface area contributed by atoms with Crippen molar-refractivity contribution in [2.24, 2.45) is 5.92 Å². The zero-order valence-electron chi connectivity index (χ0n) is 9.96. The summed E-state index contributed by atoms with van der Waals surface area (Å²) in [6, 6.07) is 3.95. The lowest BCUT2D eigenvalue weighted by molar-refractivity contribution is 0.402. The molecule has 1 heterocycles. The maximum Gasteiger partial charge on any atom is 0.117 e. The van der Waals surface area contributed by atoms with Crippen LogP contribution < -0.4 is 5.32 Å². The molecule has 0 fully saturated rings. The summed E-state index contributed by atoms with van der Waals surface area (Å²) in [6.45, 7) is 6.49. The van der Waals surface area contributed by atoms with E-state index in [1.165, 1.54) is 25.7 Å². The van der Waals surface area contributed by atoms with E-state index >= 15 is 0 Å². The lowest BCUT2D eigenvalue weighted by Gasteiger charge is -2.14. The van der Waals surface area contributed by atoms with Crippen molar-refractivity contribution in [1.29, 1.82) is 0 Å². The van der Waals surface area contributed by atoms with Gasteiger partial charge in [-0.1, -0.05) is 33.1 Å². The lowest BCUT2D eigenvalue weighted by Crippen LogP contribution is -2.21. The summed E-state index contributed by atoms with van der Waals surface area (Å²) in [5, 5.41) is 3.45. The van der Waals surface area contributed by atoms with Crippen LogP contribution in [-0.2, 0) is 6.54 Å². The van der Waals surface area contributed by atoms with E-state index in [4.69, 9.17) is 4.42 Å². The maximum atomic E-state index is 5.27. The molecule has 0 saturated heterocycles. The first-order valence-corrected chi connectivity index (χ1v) is 6.09. The molecule has 0 spiro atoms. The van der Waals surface area contributed by atoms with Gasteiger partial charge in [0.15, 0.2) is 0 Å². The largest absolute Gasteiger partial charge is 0.468 e. The molecule has 0 saturated carbocycles. The molecule has 2 nitrogen and oxygen atoms in total. The highest BCUT2D eigenvalue weighted by molar-refractivity contribution is 4.97. The second-order valence-electron chi connectivity index (χ2n) is 4.13. The molecule has 2 heteroatoms. The molecule has 1 rings (SSSR count). The van der Waals surface area contributed by atoms with E-state index in [1.54, 1.807) is 6.26 Å². The molecule has 0 bridgehead atoms. The fraction of sp³-hybridized carbons (Fsp3) is 0.692. The van der Waals surface area contributed by atoms with Gasteiger partial charge in [0, 0.05) is 0 Å². The highest BCUT2D eigenvalue weighted by Crippen LogP contribution is 2.11. The maximum absolute atomic E-state index is 5.27. The van der Waals surface area contributed by atoms with Crippen LogP contribution in [0.25, 0.3) is 0 Å². The Labute approximate surface area is 93.1 Å². The van der Waals surface area contributed by atoms with Crippen LogP contribution in [0.3, 0.4) is 0 Å². The number of hydrogen-bond donors (Lipinski definition) is 1. The average Bonchev–Trinajstić information content (AvgIpc) is 2.76. The molecule has 1 N–H and O–H groups in total. The van der Waals surface area contributed by atoms with Crippen LogP contribution in [0.2, 0.25) is 0 Å². The van der Waals surface area contributed by atoms with Gasteiger partial charge in [0.05, 0.1) is 12.8 Å². The zero-order valence-corrected chi connectivity index (χ0v) is 9.96. The first-order valence-electron chi connectivity index (χ1n) is 6.09. The molecule has 0 aliphatic rings. The molecular weight excluding hydrogens is 186 g/mol. The van der Waals surface area contributed by atoms with E-state index in [2.05, 4.69) is 19.2 Å². The molecule has 0 aliphatic carbocycles. The summed E-state index contributed by atoms with van der Waals surface area (Å²) in [5.74, 6) is 1.85. The van der Waals surface area contributed by atoms with Crippen molar-refractivity contribution >= 4 is 0 Å². The van der Waals surface area contributed by atoms with Crippen molar-refractivity contribution in [2.75, 3.05) is 6.54 Å². The van der Waals surface area contributed by atoms with Crippen molar-refractivity contribution in [3.63, 3.8) is 0 Å². The molecular formula is C13H23NO. The third-order valence-electron chi connectivity index (χ3n) is 2.86. The normalized spacial score (nSPS) is 12.9. The Morgan fingerprint density at radius 3 is 2.87 bits per heavy atom. The van der Waals surface area contributed by atoms with Crippen molar-refractivity contribution in [3.05, 3.63) is 24.2 Å². The first-order chi connectivity index (χ1) is 7.36. The van der Waals surface area contributed by atoms with Gasteiger partial charge in [0.25, 0.3) is 0 Å². The van der Waals surface area contributed by atoms with Gasteiger partial charge in [-0.3, -0.25) is 0 Å². The van der Waals surface area contributed by atoms with Gasteiger partial charge in [-0.2, -0.15) is 0 Å².